The predicted molar refractivity (Wildman–Crippen MR) is 78.6 cm³/mol. The second kappa shape index (κ2) is 5.27. The van der Waals surface area contributed by atoms with Crippen LogP contribution >= 0.6 is 0 Å². The molecule has 4 N–H and O–H groups in total. The van der Waals surface area contributed by atoms with Gasteiger partial charge in [-0.1, -0.05) is 0 Å². The van der Waals surface area contributed by atoms with Gasteiger partial charge in [0.1, 0.15) is 0 Å². The Kier molecular flexibility index (Phi) is 3.30. The number of rotatable bonds is 2. The van der Waals surface area contributed by atoms with Gasteiger partial charge in [0.05, 0.1) is 17.6 Å². The maximum atomic E-state index is 11.7. The van der Waals surface area contributed by atoms with Crippen molar-refractivity contribution in [1.82, 2.24) is 20.2 Å². The van der Waals surface area contributed by atoms with Crippen LogP contribution in [0.3, 0.4) is 0 Å². The zero-order valence-electron chi connectivity index (χ0n) is 11.2. The molecule has 1 fully saturated rings. The monoisotopic (exact) mass is 289 g/mol. The Morgan fingerprint density at radius 3 is 2.52 bits per heavy atom. The highest BCUT2D eigenvalue weighted by Crippen LogP contribution is 2.22. The Morgan fingerprint density at radius 2 is 1.86 bits per heavy atom. The van der Waals surface area contributed by atoms with Crippen LogP contribution in [-0.2, 0) is 0 Å². The summed E-state index contributed by atoms with van der Waals surface area (Å²) >= 11 is 0. The number of nitrogens with two attached hydrogens (primary N) is 1. The average Bonchev–Trinajstić information content (AvgIpc) is 2.48. The third-order valence-corrected chi connectivity index (χ3v) is 3.44. The minimum Gasteiger partial charge on any atom is -0.396 e. The first-order chi connectivity index (χ1) is 10.1. The molecule has 0 unspecified atom stereocenters. The molecule has 1 aliphatic heterocycles. The fourth-order valence-electron chi connectivity index (χ4n) is 2.40. The van der Waals surface area contributed by atoms with Crippen LogP contribution in [0.2, 0.25) is 0 Å². The second-order valence-electron chi connectivity index (χ2n) is 4.74. The van der Waals surface area contributed by atoms with Crippen molar-refractivity contribution in [3.63, 3.8) is 0 Å². The summed E-state index contributed by atoms with van der Waals surface area (Å²) in [6.45, 7) is 2.64. The van der Waals surface area contributed by atoms with Crippen molar-refractivity contribution >= 4 is 17.2 Å². The molecule has 2 aromatic heterocycles. The summed E-state index contributed by atoms with van der Waals surface area (Å²) in [4.78, 5) is 32.8. The normalized spacial score (nSPS) is 15.2. The Balaban J connectivity index is 1.75. The maximum Gasteiger partial charge on any atom is 0.342 e. The number of nitrogens with one attached hydrogen (secondary N) is 2. The first kappa shape index (κ1) is 13.2. The summed E-state index contributed by atoms with van der Waals surface area (Å²) in [5, 5.41) is 6.05. The number of aromatic amines is 2. The van der Waals surface area contributed by atoms with Crippen molar-refractivity contribution in [2.45, 2.75) is 0 Å². The lowest BCUT2D eigenvalue weighted by Gasteiger charge is -2.36. The number of aromatic nitrogens is 4. The van der Waals surface area contributed by atoms with Gasteiger partial charge in [-0.25, -0.2) is 9.89 Å². The molecule has 0 bridgehead atoms. The number of hydrogen-bond acceptors (Lipinski definition) is 7. The minimum atomic E-state index is -0.605. The van der Waals surface area contributed by atoms with Crippen LogP contribution in [0.5, 0.6) is 0 Å². The van der Waals surface area contributed by atoms with Crippen LogP contribution in [0.25, 0.3) is 0 Å². The van der Waals surface area contributed by atoms with Gasteiger partial charge in [0.2, 0.25) is 5.82 Å². The molecule has 0 saturated carbocycles. The van der Waals surface area contributed by atoms with Crippen LogP contribution < -0.4 is 26.8 Å². The van der Waals surface area contributed by atoms with E-state index in [-0.39, 0.29) is 5.82 Å². The summed E-state index contributed by atoms with van der Waals surface area (Å²) in [7, 11) is 0. The van der Waals surface area contributed by atoms with Gasteiger partial charge in [-0.15, -0.1) is 5.10 Å². The average molecular weight is 289 g/mol. The topological polar surface area (TPSA) is 124 Å². The lowest BCUT2D eigenvalue weighted by molar-refractivity contribution is 0.637. The van der Waals surface area contributed by atoms with E-state index in [9.17, 15) is 9.59 Å². The van der Waals surface area contributed by atoms with Gasteiger partial charge in [-0.2, -0.15) is 0 Å². The number of H-pyrrole nitrogens is 2. The molecule has 1 saturated heterocycles. The summed E-state index contributed by atoms with van der Waals surface area (Å²) in [5.74, 6) is 0.233. The Hall–Kier alpha value is -2.84. The standard InChI is InChI=1S/C12H15N7O2/c13-8-7-14-2-1-9(8)18-3-5-19(6-4-18)10-11(20)15-12(21)17-16-10/h1-2,7H,3-6,13H2,(H2,15,17,20,21). The van der Waals surface area contributed by atoms with Crippen LogP contribution in [0.4, 0.5) is 17.2 Å². The molecule has 0 aliphatic carbocycles. The number of hydrogen-bond donors (Lipinski definition) is 3. The van der Waals surface area contributed by atoms with Crippen LogP contribution in [-0.4, -0.2) is 46.3 Å². The first-order valence-corrected chi connectivity index (χ1v) is 6.53. The summed E-state index contributed by atoms with van der Waals surface area (Å²) in [6.07, 6.45) is 3.32. The highest BCUT2D eigenvalue weighted by atomic mass is 16.2. The summed E-state index contributed by atoms with van der Waals surface area (Å²) in [6, 6.07) is 1.87. The molecule has 0 spiro atoms. The molecule has 21 heavy (non-hydrogen) atoms. The van der Waals surface area contributed by atoms with Crippen LogP contribution in [0, 0.1) is 0 Å². The number of piperazine rings is 1. The Bertz CT molecular complexity index is 746. The predicted octanol–water partition coefficient (Wildman–Crippen LogP) is -1.24. The molecule has 0 amide bonds. The Morgan fingerprint density at radius 1 is 1.14 bits per heavy atom. The van der Waals surface area contributed by atoms with Crippen LogP contribution in [0.15, 0.2) is 28.0 Å². The fourth-order valence-corrected chi connectivity index (χ4v) is 2.40. The van der Waals surface area contributed by atoms with Gasteiger partial charge >= 0.3 is 5.69 Å². The molecule has 1 aliphatic rings. The molecule has 0 radical (unpaired) electrons. The van der Waals surface area contributed by atoms with Gasteiger partial charge < -0.3 is 15.5 Å². The molecular weight excluding hydrogens is 274 g/mol. The van der Waals surface area contributed by atoms with E-state index < -0.39 is 11.2 Å². The van der Waals surface area contributed by atoms with E-state index in [1.807, 2.05) is 11.0 Å². The van der Waals surface area contributed by atoms with Gasteiger partial charge in [0.15, 0.2) is 0 Å². The van der Waals surface area contributed by atoms with Gasteiger partial charge in [-0.05, 0) is 6.07 Å². The summed E-state index contributed by atoms with van der Waals surface area (Å²) < 4.78 is 0. The van der Waals surface area contributed by atoms with Crippen molar-refractivity contribution < 1.29 is 0 Å². The highest BCUT2D eigenvalue weighted by molar-refractivity contribution is 5.66. The molecular formula is C12H15N7O2. The maximum absolute atomic E-state index is 11.7. The van der Waals surface area contributed by atoms with E-state index in [1.165, 1.54) is 0 Å². The number of anilines is 3. The molecule has 110 valence electrons. The lowest BCUT2D eigenvalue weighted by Crippen LogP contribution is -2.49. The fraction of sp³-hybridized carbons (Fsp3) is 0.333. The highest BCUT2D eigenvalue weighted by Gasteiger charge is 2.21. The number of pyridine rings is 1. The zero-order chi connectivity index (χ0) is 14.8. The number of nitrogens with zero attached hydrogens (tertiary/aromatic N) is 4. The van der Waals surface area contributed by atoms with Crippen molar-refractivity contribution in [2.24, 2.45) is 0 Å². The van der Waals surface area contributed by atoms with E-state index in [2.05, 4.69) is 25.1 Å². The van der Waals surface area contributed by atoms with Gasteiger partial charge in [0.25, 0.3) is 5.56 Å². The third kappa shape index (κ3) is 2.57. The first-order valence-electron chi connectivity index (χ1n) is 6.53. The van der Waals surface area contributed by atoms with Crippen LogP contribution in [0.1, 0.15) is 0 Å². The van der Waals surface area contributed by atoms with E-state index in [0.29, 0.717) is 31.9 Å². The van der Waals surface area contributed by atoms with Crippen molar-refractivity contribution in [3.05, 3.63) is 39.3 Å². The molecule has 3 rings (SSSR count). The summed E-state index contributed by atoms with van der Waals surface area (Å²) in [5.41, 5.74) is 6.40. The molecule has 2 aromatic rings. The molecule has 0 atom stereocenters. The minimum absolute atomic E-state index is 0.233. The zero-order valence-corrected chi connectivity index (χ0v) is 11.2. The lowest BCUT2D eigenvalue weighted by atomic mass is 10.2. The van der Waals surface area contributed by atoms with Gasteiger partial charge in [0, 0.05) is 32.4 Å². The van der Waals surface area contributed by atoms with Gasteiger partial charge in [-0.3, -0.25) is 14.8 Å². The SMILES string of the molecule is Nc1cnccc1N1CCN(c2n[nH]c(=O)[nH]c2=O)CC1. The Labute approximate surface area is 119 Å². The third-order valence-electron chi connectivity index (χ3n) is 3.44. The van der Waals surface area contributed by atoms with E-state index in [0.717, 1.165) is 5.69 Å². The van der Waals surface area contributed by atoms with E-state index in [1.54, 1.807) is 12.4 Å². The van der Waals surface area contributed by atoms with E-state index in [4.69, 9.17) is 5.73 Å². The molecule has 0 aromatic carbocycles. The van der Waals surface area contributed by atoms with Crippen molar-refractivity contribution in [3.8, 4) is 0 Å². The van der Waals surface area contributed by atoms with Crippen molar-refractivity contribution in [2.75, 3.05) is 41.7 Å². The molecule has 9 nitrogen and oxygen atoms in total. The van der Waals surface area contributed by atoms with Crippen molar-refractivity contribution in [1.29, 1.82) is 0 Å². The van der Waals surface area contributed by atoms with E-state index >= 15 is 0 Å². The smallest absolute Gasteiger partial charge is 0.342 e. The quantitative estimate of drug-likeness (QED) is 0.631. The number of nitrogen functional groups attached to an aromatic ring is 1. The molecule has 9 heteroatoms. The molecule has 3 heterocycles. The largest absolute Gasteiger partial charge is 0.396 e. The second-order valence-corrected chi connectivity index (χ2v) is 4.74.